The third-order valence-electron chi connectivity index (χ3n) is 4.11. The van der Waals surface area contributed by atoms with Crippen LogP contribution in [0.5, 0.6) is 0 Å². The van der Waals surface area contributed by atoms with Crippen molar-refractivity contribution < 1.29 is 17.6 Å². The van der Waals surface area contributed by atoms with Crippen molar-refractivity contribution in [2.24, 2.45) is 0 Å². The molecule has 0 bridgehead atoms. The van der Waals surface area contributed by atoms with Crippen LogP contribution < -0.4 is 9.62 Å². The monoisotopic (exact) mass is 432 g/mol. The summed E-state index contributed by atoms with van der Waals surface area (Å²) in [6, 6.07) is 17.8. The van der Waals surface area contributed by atoms with Crippen LogP contribution in [0.3, 0.4) is 0 Å². The molecular weight excluding hydrogens is 415 g/mol. The van der Waals surface area contributed by atoms with Crippen molar-refractivity contribution in [3.63, 3.8) is 0 Å². The second-order valence-corrected chi connectivity index (χ2v) is 8.66. The second-order valence-electron chi connectivity index (χ2n) is 6.36. The Labute approximate surface area is 173 Å². The molecule has 0 saturated heterocycles. The fraction of sp³-hybridized carbons (Fsp3) is 0.0952. The zero-order chi connectivity index (χ0) is 21.0. The molecule has 3 aromatic rings. The molecule has 0 atom stereocenters. The number of halogens is 2. The molecule has 3 aromatic carbocycles. The number of hydrogen-bond acceptors (Lipinski definition) is 3. The molecule has 0 aliphatic heterocycles. The molecule has 0 fully saturated rings. The highest BCUT2D eigenvalue weighted by Gasteiger charge is 2.27. The first kappa shape index (κ1) is 20.8. The van der Waals surface area contributed by atoms with Gasteiger partial charge in [0.25, 0.3) is 10.0 Å². The molecule has 0 spiro atoms. The van der Waals surface area contributed by atoms with E-state index in [1.54, 1.807) is 18.2 Å². The first-order chi connectivity index (χ1) is 13.8. The van der Waals surface area contributed by atoms with Crippen LogP contribution in [0.2, 0.25) is 5.02 Å². The molecule has 0 heterocycles. The Balaban J connectivity index is 1.93. The molecule has 0 aromatic heterocycles. The Kier molecular flexibility index (Phi) is 6.20. The molecule has 5 nitrogen and oxygen atoms in total. The van der Waals surface area contributed by atoms with Gasteiger partial charge in [0.05, 0.1) is 10.6 Å². The first-order valence-electron chi connectivity index (χ1n) is 8.66. The third-order valence-corrected chi connectivity index (χ3v) is 6.15. The lowest BCUT2D eigenvalue weighted by molar-refractivity contribution is -0.114. The van der Waals surface area contributed by atoms with Gasteiger partial charge in [-0.05, 0) is 73.2 Å². The molecule has 0 aliphatic rings. The molecule has 1 N–H and O–H groups in total. The highest BCUT2D eigenvalue weighted by atomic mass is 35.5. The van der Waals surface area contributed by atoms with Crippen molar-refractivity contribution >= 4 is 38.9 Å². The average molecular weight is 433 g/mol. The van der Waals surface area contributed by atoms with Crippen molar-refractivity contribution in [1.29, 1.82) is 0 Å². The molecule has 29 heavy (non-hydrogen) atoms. The zero-order valence-electron chi connectivity index (χ0n) is 15.5. The Morgan fingerprint density at radius 3 is 2.31 bits per heavy atom. The maximum atomic E-state index is 13.2. The number of benzene rings is 3. The lowest BCUT2D eigenvalue weighted by atomic mass is 10.2. The maximum absolute atomic E-state index is 13.2. The number of nitrogens with one attached hydrogen (secondary N) is 1. The molecule has 8 heteroatoms. The first-order valence-corrected chi connectivity index (χ1v) is 10.5. The summed E-state index contributed by atoms with van der Waals surface area (Å²) in [7, 11) is -4.03. The Bertz CT molecular complexity index is 1120. The number of aryl methyl sites for hydroxylation is 1. The molecule has 150 valence electrons. The number of carbonyl (C=O) groups excluding carboxylic acids is 1. The van der Waals surface area contributed by atoms with Crippen molar-refractivity contribution in [3.8, 4) is 0 Å². The van der Waals surface area contributed by atoms with Gasteiger partial charge >= 0.3 is 0 Å². The fourth-order valence-corrected chi connectivity index (χ4v) is 4.23. The Morgan fingerprint density at radius 1 is 1.03 bits per heavy atom. The topological polar surface area (TPSA) is 66.5 Å². The van der Waals surface area contributed by atoms with E-state index in [0.717, 1.165) is 9.87 Å². The number of amides is 1. The van der Waals surface area contributed by atoms with Crippen LogP contribution >= 0.6 is 11.6 Å². The summed E-state index contributed by atoms with van der Waals surface area (Å²) < 4.78 is 40.6. The summed E-state index contributed by atoms with van der Waals surface area (Å²) in [5, 5.41) is 2.99. The minimum absolute atomic E-state index is 0.0120. The van der Waals surface area contributed by atoms with Gasteiger partial charge in [-0.25, -0.2) is 12.8 Å². The van der Waals surface area contributed by atoms with E-state index in [9.17, 15) is 17.6 Å². The van der Waals surface area contributed by atoms with Crippen LogP contribution in [-0.4, -0.2) is 20.9 Å². The third kappa shape index (κ3) is 5.13. The van der Waals surface area contributed by atoms with E-state index in [2.05, 4.69) is 5.32 Å². The van der Waals surface area contributed by atoms with Gasteiger partial charge in [-0.15, -0.1) is 0 Å². The van der Waals surface area contributed by atoms with Crippen LogP contribution in [0.1, 0.15) is 5.56 Å². The van der Waals surface area contributed by atoms with Crippen molar-refractivity contribution in [3.05, 3.63) is 89.2 Å². The van der Waals surface area contributed by atoms with Gasteiger partial charge in [0.15, 0.2) is 0 Å². The summed E-state index contributed by atoms with van der Waals surface area (Å²) >= 11 is 5.87. The molecule has 0 aliphatic carbocycles. The average Bonchev–Trinajstić information content (AvgIpc) is 2.68. The predicted molar refractivity (Wildman–Crippen MR) is 112 cm³/mol. The summed E-state index contributed by atoms with van der Waals surface area (Å²) in [6.45, 7) is 1.38. The van der Waals surface area contributed by atoms with E-state index in [4.69, 9.17) is 11.6 Å². The molecule has 0 unspecified atom stereocenters. The van der Waals surface area contributed by atoms with Crippen molar-refractivity contribution in [1.82, 2.24) is 0 Å². The SMILES string of the molecule is Cc1cccc(N(CC(=O)Nc2ccc(F)cc2)S(=O)(=O)c2ccc(Cl)cc2)c1. The fourth-order valence-electron chi connectivity index (χ4n) is 2.70. The standard InChI is InChI=1S/C21H18ClFN2O3S/c1-15-3-2-4-19(13-15)25(29(27,28)20-11-5-16(22)6-12-20)14-21(26)24-18-9-7-17(23)8-10-18/h2-13H,14H2,1H3,(H,24,26). The van der Waals surface area contributed by atoms with Gasteiger partial charge < -0.3 is 5.32 Å². The number of anilines is 2. The van der Waals surface area contributed by atoms with Gasteiger partial charge in [0.1, 0.15) is 12.4 Å². The Morgan fingerprint density at radius 2 is 1.69 bits per heavy atom. The predicted octanol–water partition coefficient (Wildman–Crippen LogP) is 4.62. The maximum Gasteiger partial charge on any atom is 0.264 e. The van der Waals surface area contributed by atoms with E-state index < -0.39 is 28.3 Å². The molecular formula is C21H18ClFN2O3S. The molecule has 0 radical (unpaired) electrons. The Hall–Kier alpha value is -2.90. The van der Waals surface area contributed by atoms with Crippen LogP contribution in [0.25, 0.3) is 0 Å². The van der Waals surface area contributed by atoms with E-state index in [1.807, 2.05) is 13.0 Å². The number of carbonyl (C=O) groups is 1. The summed E-state index contributed by atoms with van der Waals surface area (Å²) in [6.07, 6.45) is 0. The number of nitrogens with zero attached hydrogens (tertiary/aromatic N) is 1. The molecule has 3 rings (SSSR count). The van der Waals surface area contributed by atoms with Crippen molar-refractivity contribution in [2.45, 2.75) is 11.8 Å². The smallest absolute Gasteiger partial charge is 0.264 e. The molecule has 1 amide bonds. The summed E-state index contributed by atoms with van der Waals surface area (Å²) in [4.78, 5) is 12.6. The van der Waals surface area contributed by atoms with Crippen LogP contribution in [-0.2, 0) is 14.8 Å². The number of hydrogen-bond donors (Lipinski definition) is 1. The second kappa shape index (κ2) is 8.63. The lowest BCUT2D eigenvalue weighted by Gasteiger charge is -2.24. The number of rotatable bonds is 6. The summed E-state index contributed by atoms with van der Waals surface area (Å²) in [5.74, 6) is -0.995. The molecule has 0 saturated carbocycles. The lowest BCUT2D eigenvalue weighted by Crippen LogP contribution is -2.38. The normalized spacial score (nSPS) is 11.1. The minimum atomic E-state index is -4.03. The van der Waals surface area contributed by atoms with Crippen molar-refractivity contribution in [2.75, 3.05) is 16.2 Å². The van der Waals surface area contributed by atoms with Crippen LogP contribution in [0.4, 0.5) is 15.8 Å². The van der Waals surface area contributed by atoms with Gasteiger partial charge in [-0.2, -0.15) is 0 Å². The van der Waals surface area contributed by atoms with Gasteiger partial charge in [0.2, 0.25) is 5.91 Å². The largest absolute Gasteiger partial charge is 0.325 e. The van der Waals surface area contributed by atoms with Gasteiger partial charge in [-0.1, -0.05) is 23.7 Å². The minimum Gasteiger partial charge on any atom is -0.325 e. The van der Waals surface area contributed by atoms with E-state index >= 15 is 0 Å². The highest BCUT2D eigenvalue weighted by molar-refractivity contribution is 7.92. The van der Waals surface area contributed by atoms with Gasteiger partial charge in [0, 0.05) is 10.7 Å². The van der Waals surface area contributed by atoms with E-state index in [-0.39, 0.29) is 4.90 Å². The highest BCUT2D eigenvalue weighted by Crippen LogP contribution is 2.25. The summed E-state index contributed by atoms with van der Waals surface area (Å²) in [5.41, 5.74) is 1.57. The van der Waals surface area contributed by atoms with E-state index in [0.29, 0.717) is 16.4 Å². The van der Waals surface area contributed by atoms with Crippen LogP contribution in [0, 0.1) is 12.7 Å². The van der Waals surface area contributed by atoms with Gasteiger partial charge in [-0.3, -0.25) is 9.10 Å². The quantitative estimate of drug-likeness (QED) is 0.618. The van der Waals surface area contributed by atoms with Crippen LogP contribution in [0.15, 0.2) is 77.7 Å². The van der Waals surface area contributed by atoms with E-state index in [1.165, 1.54) is 48.5 Å². The zero-order valence-corrected chi connectivity index (χ0v) is 17.0. The number of sulfonamides is 1.